The first-order valence-electron chi connectivity index (χ1n) is 10.9. The van der Waals surface area contributed by atoms with Crippen LogP contribution in [0.25, 0.3) is 11.3 Å². The van der Waals surface area contributed by atoms with E-state index in [4.69, 9.17) is 14.6 Å². The van der Waals surface area contributed by atoms with Crippen molar-refractivity contribution in [3.63, 3.8) is 0 Å². The fourth-order valence-electron chi connectivity index (χ4n) is 4.11. The average Bonchev–Trinajstić information content (AvgIpc) is 3.47. The van der Waals surface area contributed by atoms with Gasteiger partial charge < -0.3 is 20.1 Å². The second-order valence-electron chi connectivity index (χ2n) is 8.16. The van der Waals surface area contributed by atoms with Crippen LogP contribution in [0.15, 0.2) is 60.7 Å². The molecule has 3 N–H and O–H groups in total. The Labute approximate surface area is 198 Å². The summed E-state index contributed by atoms with van der Waals surface area (Å²) in [5.74, 6) is -1.27. The number of nitrogens with one attached hydrogen (secondary N) is 2. The van der Waals surface area contributed by atoms with Crippen LogP contribution >= 0.6 is 0 Å². The van der Waals surface area contributed by atoms with Crippen molar-refractivity contribution >= 4 is 11.9 Å². The molecule has 0 spiro atoms. The number of nitrogens with zero attached hydrogens (tertiary/aromatic N) is 2. The first-order valence-corrected chi connectivity index (χ1v) is 10.9. The van der Waals surface area contributed by atoms with Crippen molar-refractivity contribution in [1.82, 2.24) is 20.4 Å². The number of rotatable bonds is 4. The summed E-state index contributed by atoms with van der Waals surface area (Å²) in [6, 6.07) is 20.1. The van der Waals surface area contributed by atoms with E-state index in [1.807, 2.05) is 65.6 Å². The summed E-state index contributed by atoms with van der Waals surface area (Å²) in [5.41, 5.74) is 2.10. The molecule has 1 aromatic heterocycles. The highest BCUT2D eigenvalue weighted by Crippen LogP contribution is 2.33. The summed E-state index contributed by atoms with van der Waals surface area (Å²) >= 11 is 0. The molecule has 2 aromatic carbocycles. The van der Waals surface area contributed by atoms with E-state index in [0.717, 1.165) is 48.7 Å². The first-order chi connectivity index (χ1) is 16.7. The number of carbonyl (C=O) groups excluding carboxylic acids is 1. The van der Waals surface area contributed by atoms with Gasteiger partial charge in [0.25, 0.3) is 5.91 Å². The summed E-state index contributed by atoms with van der Waals surface area (Å²) in [4.78, 5) is 23.8. The summed E-state index contributed by atoms with van der Waals surface area (Å²) in [7, 11) is 0. The molecule has 11 heteroatoms. The molecular weight excluding hydrogens is 465 g/mol. The van der Waals surface area contributed by atoms with Gasteiger partial charge >= 0.3 is 12.1 Å². The number of aromatic nitrogens is 2. The standard InChI is InChI=1S/C22H22N4O2.C2HF3O2/c27-22(26-11-10-15-12-16(26)14-23-15)20-13-19(24-25-20)18-8-4-5-9-21(18)28-17-6-2-1-3-7-17;3-2(4,5)1(6)7/h1-9,13,15-16,23H,10-12,14H2,(H,24,25);(H,6,7). The van der Waals surface area contributed by atoms with Crippen LogP contribution in [0.1, 0.15) is 23.3 Å². The number of ether oxygens (including phenoxy) is 1. The third-order valence-electron chi connectivity index (χ3n) is 5.81. The predicted octanol–water partition coefficient (Wildman–Crippen LogP) is 4.08. The number of benzene rings is 2. The number of hydrogen-bond acceptors (Lipinski definition) is 5. The lowest BCUT2D eigenvalue weighted by atomic mass is 10.0. The van der Waals surface area contributed by atoms with Crippen molar-refractivity contribution in [2.75, 3.05) is 13.1 Å². The molecule has 2 aliphatic heterocycles. The van der Waals surface area contributed by atoms with Gasteiger partial charge in [-0.25, -0.2) is 4.79 Å². The number of likely N-dealkylation sites (tertiary alicyclic amines) is 1. The SMILES string of the molecule is O=C(O)C(F)(F)F.O=C(c1cc(-c2ccccc2Oc2ccccc2)[nH]n1)N1CCC2CC1CN2. The lowest BCUT2D eigenvalue weighted by molar-refractivity contribution is -0.192. The number of H-pyrrole nitrogens is 1. The number of aliphatic carboxylic acids is 1. The van der Waals surface area contributed by atoms with Gasteiger partial charge in [-0.2, -0.15) is 18.3 Å². The van der Waals surface area contributed by atoms with Crippen molar-refractivity contribution in [3.05, 3.63) is 66.4 Å². The van der Waals surface area contributed by atoms with E-state index < -0.39 is 12.1 Å². The highest BCUT2D eigenvalue weighted by atomic mass is 19.4. The topological polar surface area (TPSA) is 108 Å². The number of alkyl halides is 3. The Morgan fingerprint density at radius 1 is 1.09 bits per heavy atom. The zero-order valence-electron chi connectivity index (χ0n) is 18.5. The van der Waals surface area contributed by atoms with Gasteiger partial charge in [-0.05, 0) is 43.2 Å². The Bertz CT molecular complexity index is 1180. The summed E-state index contributed by atoms with van der Waals surface area (Å²) < 4.78 is 37.8. The quantitative estimate of drug-likeness (QED) is 0.511. The van der Waals surface area contributed by atoms with Gasteiger partial charge in [0.15, 0.2) is 5.69 Å². The van der Waals surface area contributed by atoms with E-state index in [-0.39, 0.29) is 11.9 Å². The van der Waals surface area contributed by atoms with Crippen molar-refractivity contribution in [1.29, 1.82) is 0 Å². The Balaban J connectivity index is 0.000000364. The zero-order chi connectivity index (χ0) is 25.0. The smallest absolute Gasteiger partial charge is 0.475 e. The molecule has 8 nitrogen and oxygen atoms in total. The minimum absolute atomic E-state index is 0.00360. The molecule has 0 radical (unpaired) electrons. The van der Waals surface area contributed by atoms with Gasteiger partial charge in [-0.15, -0.1) is 0 Å². The molecule has 1 amide bonds. The van der Waals surface area contributed by atoms with E-state index in [2.05, 4.69) is 15.5 Å². The van der Waals surface area contributed by atoms with Crippen LogP contribution in [-0.4, -0.2) is 63.4 Å². The summed E-state index contributed by atoms with van der Waals surface area (Å²) in [6.07, 6.45) is -3.04. The lowest BCUT2D eigenvalue weighted by Gasteiger charge is -2.31. The van der Waals surface area contributed by atoms with E-state index in [0.29, 0.717) is 11.7 Å². The van der Waals surface area contributed by atoms with Gasteiger partial charge in [0.1, 0.15) is 11.5 Å². The number of aromatic amines is 1. The van der Waals surface area contributed by atoms with E-state index in [1.54, 1.807) is 0 Å². The zero-order valence-corrected chi connectivity index (χ0v) is 18.5. The number of carboxylic acid groups (broad SMARTS) is 1. The Morgan fingerprint density at radius 2 is 1.77 bits per heavy atom. The van der Waals surface area contributed by atoms with E-state index >= 15 is 0 Å². The van der Waals surface area contributed by atoms with Gasteiger partial charge in [0.05, 0.1) is 5.69 Å². The van der Waals surface area contributed by atoms with Crippen LogP contribution in [-0.2, 0) is 4.79 Å². The van der Waals surface area contributed by atoms with Crippen molar-refractivity contribution in [3.8, 4) is 22.8 Å². The largest absolute Gasteiger partial charge is 0.490 e. The third-order valence-corrected chi connectivity index (χ3v) is 5.81. The maximum Gasteiger partial charge on any atom is 0.490 e. The number of carboxylic acids is 1. The van der Waals surface area contributed by atoms with Crippen LogP contribution in [0.2, 0.25) is 0 Å². The highest BCUT2D eigenvalue weighted by molar-refractivity contribution is 5.94. The van der Waals surface area contributed by atoms with E-state index in [1.165, 1.54) is 0 Å². The van der Waals surface area contributed by atoms with Crippen molar-refractivity contribution in [2.45, 2.75) is 31.1 Å². The maximum absolute atomic E-state index is 13.0. The fraction of sp³-hybridized carbons (Fsp3) is 0.292. The Hall–Kier alpha value is -3.86. The second-order valence-corrected chi connectivity index (χ2v) is 8.16. The monoisotopic (exact) mass is 488 g/mol. The second kappa shape index (κ2) is 10.2. The number of para-hydroxylation sites is 2. The van der Waals surface area contributed by atoms with Crippen molar-refractivity contribution < 1.29 is 32.6 Å². The van der Waals surface area contributed by atoms with Gasteiger partial charge in [0.2, 0.25) is 0 Å². The molecule has 2 fully saturated rings. The van der Waals surface area contributed by atoms with Crippen LogP contribution in [0.5, 0.6) is 11.5 Å². The molecule has 2 saturated heterocycles. The number of halogens is 3. The molecule has 0 saturated carbocycles. The van der Waals surface area contributed by atoms with Crippen LogP contribution in [0, 0.1) is 0 Å². The average molecular weight is 488 g/mol. The molecule has 2 atom stereocenters. The van der Waals surface area contributed by atoms with Crippen LogP contribution < -0.4 is 10.1 Å². The highest BCUT2D eigenvalue weighted by Gasteiger charge is 2.38. The van der Waals surface area contributed by atoms with Crippen molar-refractivity contribution in [2.24, 2.45) is 0 Å². The van der Waals surface area contributed by atoms with Gasteiger partial charge in [-0.1, -0.05) is 30.3 Å². The first kappa shape index (κ1) is 24.3. The third kappa shape index (κ3) is 5.80. The predicted molar refractivity (Wildman–Crippen MR) is 120 cm³/mol. The molecule has 0 aliphatic carbocycles. The Morgan fingerprint density at radius 3 is 2.49 bits per heavy atom. The fourth-order valence-corrected chi connectivity index (χ4v) is 4.11. The van der Waals surface area contributed by atoms with Crippen LogP contribution in [0.3, 0.4) is 0 Å². The number of carbonyl (C=O) groups is 2. The van der Waals surface area contributed by atoms with E-state index in [9.17, 15) is 18.0 Å². The number of fused-ring (bicyclic) bond motifs is 2. The van der Waals surface area contributed by atoms with Gasteiger partial charge in [0, 0.05) is 30.7 Å². The number of piperidine rings is 1. The minimum atomic E-state index is -5.08. The summed E-state index contributed by atoms with van der Waals surface area (Å²) in [6.45, 7) is 1.67. The number of amides is 1. The Kier molecular flexibility index (Phi) is 7.06. The lowest BCUT2D eigenvalue weighted by Crippen LogP contribution is -2.44. The summed E-state index contributed by atoms with van der Waals surface area (Å²) in [5, 5.41) is 17.9. The number of hydrogen-bond donors (Lipinski definition) is 3. The maximum atomic E-state index is 13.0. The molecule has 184 valence electrons. The molecule has 3 aromatic rings. The molecule has 35 heavy (non-hydrogen) atoms. The van der Waals surface area contributed by atoms with Gasteiger partial charge in [-0.3, -0.25) is 9.89 Å². The molecule has 2 unspecified atom stereocenters. The molecule has 2 aliphatic rings. The normalized spacial score (nSPS) is 19.0. The molecule has 2 bridgehead atoms. The minimum Gasteiger partial charge on any atom is -0.475 e. The molecular formula is C24H23F3N4O4. The molecule has 3 heterocycles. The molecule has 5 rings (SSSR count). The van der Waals surface area contributed by atoms with Crippen LogP contribution in [0.4, 0.5) is 13.2 Å².